The molecule has 2 amide bonds. The Labute approximate surface area is 131 Å². The van der Waals surface area contributed by atoms with Gasteiger partial charge < -0.3 is 10.1 Å². The third-order valence-corrected chi connectivity index (χ3v) is 3.74. The highest BCUT2D eigenvalue weighted by Gasteiger charge is 2.37. The quantitative estimate of drug-likeness (QED) is 0.845. The highest BCUT2D eigenvalue weighted by molar-refractivity contribution is 9.10. The number of hydrogen-bond acceptors (Lipinski definition) is 3. The fourth-order valence-corrected chi connectivity index (χ4v) is 2.71. The average molecular weight is 353 g/mol. The van der Waals surface area contributed by atoms with Crippen molar-refractivity contribution in [2.45, 2.75) is 26.3 Å². The Morgan fingerprint density at radius 1 is 1.48 bits per heavy atom. The number of esters is 1. The fraction of sp³-hybridized carbons (Fsp3) is 0.400. The van der Waals surface area contributed by atoms with Crippen molar-refractivity contribution in [1.29, 1.82) is 0 Å². The van der Waals surface area contributed by atoms with Crippen LogP contribution in [0.25, 0.3) is 0 Å². The average Bonchev–Trinajstić information content (AvgIpc) is 2.44. The van der Waals surface area contributed by atoms with Crippen LogP contribution in [0.1, 0.15) is 31.9 Å². The Kier molecular flexibility index (Phi) is 5.12. The first kappa shape index (κ1) is 15.7. The zero-order valence-electron chi connectivity index (χ0n) is 11.9. The monoisotopic (exact) mass is 352 g/mol. The Bertz CT molecular complexity index is 586. The summed E-state index contributed by atoms with van der Waals surface area (Å²) in [6, 6.07) is 6.60. The maximum atomic E-state index is 12.3. The summed E-state index contributed by atoms with van der Waals surface area (Å²) in [5.41, 5.74) is 1.32. The first-order valence-corrected chi connectivity index (χ1v) is 7.60. The van der Waals surface area contributed by atoms with E-state index in [9.17, 15) is 9.59 Å². The summed E-state index contributed by atoms with van der Waals surface area (Å²) in [7, 11) is 0. The van der Waals surface area contributed by atoms with Gasteiger partial charge in [0.25, 0.3) is 0 Å². The molecule has 1 aliphatic rings. The van der Waals surface area contributed by atoms with Crippen molar-refractivity contribution in [3.8, 4) is 0 Å². The topological polar surface area (TPSA) is 67.8 Å². The van der Waals surface area contributed by atoms with Crippen molar-refractivity contribution in [2.24, 2.45) is 10.9 Å². The van der Waals surface area contributed by atoms with E-state index in [1.165, 1.54) is 0 Å². The number of carbonyl (C=O) groups is 2. The third kappa shape index (κ3) is 3.69. The van der Waals surface area contributed by atoms with Crippen LogP contribution in [0, 0.1) is 5.92 Å². The highest BCUT2D eigenvalue weighted by Crippen LogP contribution is 2.29. The maximum absolute atomic E-state index is 12.3. The lowest BCUT2D eigenvalue weighted by molar-refractivity contribution is -0.147. The normalized spacial score (nSPS) is 21.5. The molecule has 0 saturated carbocycles. The Hall–Kier alpha value is -1.69. The summed E-state index contributed by atoms with van der Waals surface area (Å²) in [6.07, 6.45) is 0.753. The summed E-state index contributed by atoms with van der Waals surface area (Å²) < 4.78 is 6.12. The lowest BCUT2D eigenvalue weighted by Gasteiger charge is -2.29. The van der Waals surface area contributed by atoms with E-state index in [1.54, 1.807) is 6.92 Å². The SMILES string of the molecule is CCCOC(=O)C1C(C)=NC(=O)NC1c1cccc(Br)c1. The van der Waals surface area contributed by atoms with Gasteiger partial charge in [0.2, 0.25) is 0 Å². The van der Waals surface area contributed by atoms with Gasteiger partial charge in [-0.1, -0.05) is 35.0 Å². The molecule has 1 aromatic carbocycles. The number of nitrogens with zero attached hydrogens (tertiary/aromatic N) is 1. The van der Waals surface area contributed by atoms with Crippen molar-refractivity contribution in [2.75, 3.05) is 6.61 Å². The molecule has 1 heterocycles. The molecule has 2 rings (SSSR count). The molecule has 0 aromatic heterocycles. The van der Waals surface area contributed by atoms with Gasteiger partial charge in [0.1, 0.15) is 5.92 Å². The molecule has 6 heteroatoms. The van der Waals surface area contributed by atoms with Gasteiger partial charge in [-0.05, 0) is 31.0 Å². The van der Waals surface area contributed by atoms with E-state index >= 15 is 0 Å². The van der Waals surface area contributed by atoms with E-state index in [2.05, 4.69) is 26.2 Å². The van der Waals surface area contributed by atoms with Crippen molar-refractivity contribution in [3.63, 3.8) is 0 Å². The van der Waals surface area contributed by atoms with Crippen molar-refractivity contribution >= 4 is 33.6 Å². The predicted octanol–water partition coefficient (Wildman–Crippen LogP) is 3.24. The summed E-state index contributed by atoms with van der Waals surface area (Å²) in [5.74, 6) is -0.952. The summed E-state index contributed by atoms with van der Waals surface area (Å²) in [4.78, 5) is 27.8. The Morgan fingerprint density at radius 3 is 2.90 bits per heavy atom. The highest BCUT2D eigenvalue weighted by atomic mass is 79.9. The summed E-state index contributed by atoms with van der Waals surface area (Å²) >= 11 is 3.40. The molecular formula is C15H17BrN2O3. The van der Waals surface area contributed by atoms with Gasteiger partial charge in [0.15, 0.2) is 0 Å². The summed E-state index contributed by atoms with van der Waals surface area (Å²) in [6.45, 7) is 3.98. The minimum atomic E-state index is -0.594. The molecule has 1 aromatic rings. The standard InChI is InChI=1S/C15H17BrN2O3/c1-3-7-21-14(19)12-9(2)17-15(20)18-13(12)10-5-4-6-11(16)8-10/h4-6,8,12-13H,3,7H2,1-2H3,(H,18,20). The first-order valence-electron chi connectivity index (χ1n) is 6.80. The van der Waals surface area contributed by atoms with Crippen LogP contribution < -0.4 is 5.32 Å². The van der Waals surface area contributed by atoms with Gasteiger partial charge in [-0.25, -0.2) is 9.79 Å². The third-order valence-electron chi connectivity index (χ3n) is 3.25. The number of urea groups is 1. The number of aliphatic imine (C=N–C) groups is 1. The zero-order valence-corrected chi connectivity index (χ0v) is 13.5. The molecule has 0 aliphatic carbocycles. The lowest BCUT2D eigenvalue weighted by Crippen LogP contribution is -2.44. The van der Waals surface area contributed by atoms with E-state index < -0.39 is 18.0 Å². The van der Waals surface area contributed by atoms with E-state index in [0.717, 1.165) is 16.5 Å². The van der Waals surface area contributed by atoms with Gasteiger partial charge in [-0.2, -0.15) is 0 Å². The number of rotatable bonds is 4. The van der Waals surface area contributed by atoms with Gasteiger partial charge >= 0.3 is 12.0 Å². The Morgan fingerprint density at radius 2 is 2.24 bits per heavy atom. The number of hydrogen-bond donors (Lipinski definition) is 1. The number of benzene rings is 1. The van der Waals surface area contributed by atoms with Gasteiger partial charge in [-0.3, -0.25) is 4.79 Å². The van der Waals surface area contributed by atoms with Crippen molar-refractivity contribution < 1.29 is 14.3 Å². The van der Waals surface area contributed by atoms with Gasteiger partial charge in [-0.15, -0.1) is 0 Å². The number of carbonyl (C=O) groups excluding carboxylic acids is 2. The number of nitrogens with one attached hydrogen (secondary N) is 1. The second-order valence-corrected chi connectivity index (χ2v) is 5.80. The van der Waals surface area contributed by atoms with E-state index in [4.69, 9.17) is 4.74 Å². The molecule has 2 unspecified atom stereocenters. The smallest absolute Gasteiger partial charge is 0.341 e. The molecule has 0 radical (unpaired) electrons. The molecule has 0 bridgehead atoms. The second-order valence-electron chi connectivity index (χ2n) is 4.88. The van der Waals surface area contributed by atoms with Crippen molar-refractivity contribution in [1.82, 2.24) is 5.32 Å². The molecule has 0 saturated heterocycles. The van der Waals surface area contributed by atoms with Crippen LogP contribution >= 0.6 is 15.9 Å². The van der Waals surface area contributed by atoms with Crippen LogP contribution in [0.2, 0.25) is 0 Å². The minimum Gasteiger partial charge on any atom is -0.465 e. The second kappa shape index (κ2) is 6.85. The Balaban J connectivity index is 2.34. The zero-order chi connectivity index (χ0) is 15.4. The first-order chi connectivity index (χ1) is 10.0. The van der Waals surface area contributed by atoms with Crippen LogP contribution in [0.4, 0.5) is 4.79 Å². The number of amides is 2. The summed E-state index contributed by atoms with van der Waals surface area (Å²) in [5, 5.41) is 2.75. The minimum absolute atomic E-state index is 0.358. The van der Waals surface area contributed by atoms with E-state index in [-0.39, 0.29) is 5.97 Å². The largest absolute Gasteiger partial charge is 0.465 e. The van der Waals surface area contributed by atoms with Crippen LogP contribution in [-0.2, 0) is 9.53 Å². The van der Waals surface area contributed by atoms with Gasteiger partial charge in [0, 0.05) is 10.2 Å². The molecule has 21 heavy (non-hydrogen) atoms. The van der Waals surface area contributed by atoms with Crippen molar-refractivity contribution in [3.05, 3.63) is 34.3 Å². The van der Waals surface area contributed by atoms with Crippen LogP contribution in [-0.4, -0.2) is 24.3 Å². The van der Waals surface area contributed by atoms with E-state index in [1.807, 2.05) is 31.2 Å². The maximum Gasteiger partial charge on any atom is 0.341 e. The molecule has 112 valence electrons. The molecule has 1 aliphatic heterocycles. The lowest BCUT2D eigenvalue weighted by atomic mass is 9.88. The molecule has 0 fully saturated rings. The molecule has 2 atom stereocenters. The van der Waals surface area contributed by atoms with Crippen LogP contribution in [0.5, 0.6) is 0 Å². The molecule has 1 N–H and O–H groups in total. The van der Waals surface area contributed by atoms with Crippen LogP contribution in [0.15, 0.2) is 33.7 Å². The fourth-order valence-electron chi connectivity index (χ4n) is 2.29. The molecular weight excluding hydrogens is 336 g/mol. The van der Waals surface area contributed by atoms with E-state index in [0.29, 0.717) is 12.3 Å². The predicted molar refractivity (Wildman–Crippen MR) is 83.3 cm³/mol. The number of ether oxygens (including phenoxy) is 1. The van der Waals surface area contributed by atoms with Gasteiger partial charge in [0.05, 0.1) is 12.6 Å². The molecule has 5 nitrogen and oxygen atoms in total. The van der Waals surface area contributed by atoms with Crippen LogP contribution in [0.3, 0.4) is 0 Å². The molecule has 0 spiro atoms. The number of halogens is 1.